The molecule has 0 saturated carbocycles. The average Bonchev–Trinajstić information content (AvgIpc) is 2.46. The Bertz CT molecular complexity index is 514. The van der Waals surface area contributed by atoms with Gasteiger partial charge in [0, 0.05) is 26.7 Å². The van der Waals surface area contributed by atoms with Gasteiger partial charge in [-0.15, -0.1) is 0 Å². The van der Waals surface area contributed by atoms with Gasteiger partial charge in [-0.3, -0.25) is 0 Å². The lowest BCUT2D eigenvalue weighted by atomic mass is 10.1. The third kappa shape index (κ3) is 3.94. The van der Waals surface area contributed by atoms with Gasteiger partial charge in [-0.1, -0.05) is 19.1 Å². The summed E-state index contributed by atoms with van der Waals surface area (Å²) in [5, 5.41) is 0. The smallest absolute Gasteiger partial charge is 0.281 e. The van der Waals surface area contributed by atoms with Crippen molar-refractivity contribution >= 4 is 10.2 Å². The van der Waals surface area contributed by atoms with E-state index in [0.717, 1.165) is 11.3 Å². The molecule has 0 amide bonds. The Morgan fingerprint density at radius 3 is 2.20 bits per heavy atom. The van der Waals surface area contributed by atoms with Crippen LogP contribution in [-0.2, 0) is 16.6 Å². The van der Waals surface area contributed by atoms with E-state index in [1.807, 2.05) is 38.1 Å². The molecule has 114 valence electrons. The molecule has 1 aromatic rings. The highest BCUT2D eigenvalue weighted by Crippen LogP contribution is 2.16. The Morgan fingerprint density at radius 1 is 1.20 bits per heavy atom. The first kappa shape index (κ1) is 16.9. The van der Waals surface area contributed by atoms with Crippen molar-refractivity contribution in [1.29, 1.82) is 0 Å². The van der Waals surface area contributed by atoms with Crippen molar-refractivity contribution in [2.24, 2.45) is 0 Å². The van der Waals surface area contributed by atoms with Gasteiger partial charge in [0.15, 0.2) is 0 Å². The van der Waals surface area contributed by atoms with Crippen LogP contribution in [0.15, 0.2) is 24.3 Å². The molecule has 0 saturated heterocycles. The molecule has 0 aliphatic rings. The van der Waals surface area contributed by atoms with E-state index in [1.54, 1.807) is 21.2 Å². The summed E-state index contributed by atoms with van der Waals surface area (Å²) < 4.78 is 32.3. The van der Waals surface area contributed by atoms with E-state index in [4.69, 9.17) is 4.74 Å². The second kappa shape index (κ2) is 7.06. The fraction of sp³-hybridized carbons (Fsp3) is 0.571. The van der Waals surface area contributed by atoms with Crippen LogP contribution in [0.25, 0.3) is 0 Å². The summed E-state index contributed by atoms with van der Waals surface area (Å²) in [5.41, 5.74) is 1.08. The van der Waals surface area contributed by atoms with Crippen LogP contribution in [0.5, 0.6) is 5.75 Å². The summed E-state index contributed by atoms with van der Waals surface area (Å²) in [6, 6.07) is 7.57. The maximum atomic E-state index is 12.2. The molecule has 1 unspecified atom stereocenters. The summed E-state index contributed by atoms with van der Waals surface area (Å²) >= 11 is 0. The first-order chi connectivity index (χ1) is 9.32. The van der Waals surface area contributed by atoms with Crippen LogP contribution in [-0.4, -0.2) is 50.8 Å². The van der Waals surface area contributed by atoms with Crippen molar-refractivity contribution in [1.82, 2.24) is 8.61 Å². The molecule has 1 atom stereocenters. The van der Waals surface area contributed by atoms with Gasteiger partial charge in [0.1, 0.15) is 5.75 Å². The fourth-order valence-electron chi connectivity index (χ4n) is 1.84. The first-order valence-corrected chi connectivity index (χ1v) is 8.04. The lowest BCUT2D eigenvalue weighted by molar-refractivity contribution is 0.347. The lowest BCUT2D eigenvalue weighted by Gasteiger charge is -2.28. The molecule has 0 spiro atoms. The van der Waals surface area contributed by atoms with Gasteiger partial charge in [0.05, 0.1) is 7.11 Å². The number of hydrogen-bond acceptors (Lipinski definition) is 3. The second-order valence-corrected chi connectivity index (χ2v) is 6.93. The van der Waals surface area contributed by atoms with Crippen LogP contribution >= 0.6 is 0 Å². The minimum Gasteiger partial charge on any atom is -0.497 e. The Labute approximate surface area is 122 Å². The molecule has 0 aliphatic heterocycles. The van der Waals surface area contributed by atoms with Crippen molar-refractivity contribution in [3.8, 4) is 5.75 Å². The molecule has 0 N–H and O–H groups in total. The molecule has 0 fully saturated rings. The van der Waals surface area contributed by atoms with Crippen molar-refractivity contribution < 1.29 is 13.2 Å². The Hall–Kier alpha value is -1.11. The molecule has 0 aromatic heterocycles. The summed E-state index contributed by atoms with van der Waals surface area (Å²) in [5.74, 6) is 0.799. The second-order valence-electron chi connectivity index (χ2n) is 4.84. The van der Waals surface area contributed by atoms with E-state index in [-0.39, 0.29) is 6.04 Å². The maximum Gasteiger partial charge on any atom is 0.281 e. The fourth-order valence-corrected chi connectivity index (χ4v) is 3.14. The zero-order chi connectivity index (χ0) is 15.3. The predicted octanol–water partition coefficient (Wildman–Crippen LogP) is 1.75. The molecule has 5 nitrogen and oxygen atoms in total. The SMILES string of the molecule is CCN(C)S(=O)(=O)N(C)C(C)Cc1ccc(OC)cc1. The van der Waals surface area contributed by atoms with Gasteiger partial charge in [0.25, 0.3) is 10.2 Å². The van der Waals surface area contributed by atoms with E-state index in [1.165, 1.54) is 8.61 Å². The van der Waals surface area contributed by atoms with Gasteiger partial charge >= 0.3 is 0 Å². The van der Waals surface area contributed by atoms with Crippen LogP contribution in [0.4, 0.5) is 0 Å². The van der Waals surface area contributed by atoms with E-state index < -0.39 is 10.2 Å². The topological polar surface area (TPSA) is 49.9 Å². The van der Waals surface area contributed by atoms with E-state index >= 15 is 0 Å². The molecule has 0 heterocycles. The largest absolute Gasteiger partial charge is 0.497 e. The number of hydrogen-bond donors (Lipinski definition) is 0. The van der Waals surface area contributed by atoms with Crippen molar-refractivity contribution in [2.45, 2.75) is 26.3 Å². The van der Waals surface area contributed by atoms with E-state index in [2.05, 4.69) is 0 Å². The summed E-state index contributed by atoms with van der Waals surface area (Å²) in [7, 11) is 1.45. The van der Waals surface area contributed by atoms with Crippen molar-refractivity contribution in [3.63, 3.8) is 0 Å². The Morgan fingerprint density at radius 2 is 1.75 bits per heavy atom. The number of rotatable bonds is 7. The minimum absolute atomic E-state index is 0.109. The number of ether oxygens (including phenoxy) is 1. The lowest BCUT2D eigenvalue weighted by Crippen LogP contribution is -2.44. The van der Waals surface area contributed by atoms with E-state index in [0.29, 0.717) is 13.0 Å². The predicted molar refractivity (Wildman–Crippen MR) is 81.1 cm³/mol. The number of methoxy groups -OCH3 is 1. The summed E-state index contributed by atoms with van der Waals surface area (Å²) in [6.45, 7) is 4.19. The molecule has 0 radical (unpaired) electrons. The molecule has 1 rings (SSSR count). The highest BCUT2D eigenvalue weighted by atomic mass is 32.2. The quantitative estimate of drug-likeness (QED) is 0.771. The van der Waals surface area contributed by atoms with Gasteiger partial charge < -0.3 is 4.74 Å². The first-order valence-electron chi connectivity index (χ1n) is 6.65. The molecule has 0 aliphatic carbocycles. The molecule has 0 bridgehead atoms. The monoisotopic (exact) mass is 300 g/mol. The van der Waals surface area contributed by atoms with Crippen molar-refractivity contribution in [3.05, 3.63) is 29.8 Å². The number of likely N-dealkylation sites (N-methyl/N-ethyl adjacent to an activating group) is 1. The normalized spacial score (nSPS) is 13.8. The summed E-state index contributed by atoms with van der Waals surface area (Å²) in [4.78, 5) is 0. The van der Waals surface area contributed by atoms with Crippen molar-refractivity contribution in [2.75, 3.05) is 27.7 Å². The van der Waals surface area contributed by atoms with Crippen LogP contribution in [0, 0.1) is 0 Å². The minimum atomic E-state index is -3.38. The molecule has 6 heteroatoms. The molecule has 1 aromatic carbocycles. The van der Waals surface area contributed by atoms with Gasteiger partial charge in [-0.2, -0.15) is 17.0 Å². The number of nitrogens with zero attached hydrogens (tertiary/aromatic N) is 2. The highest BCUT2D eigenvalue weighted by Gasteiger charge is 2.26. The third-order valence-corrected chi connectivity index (χ3v) is 5.65. The number of benzene rings is 1. The van der Waals surface area contributed by atoms with Crippen LogP contribution in [0.2, 0.25) is 0 Å². The zero-order valence-electron chi connectivity index (χ0n) is 12.8. The standard InChI is InChI=1S/C14H24N2O3S/c1-6-15(3)20(17,18)16(4)12(2)11-13-7-9-14(19-5)10-8-13/h7-10,12H,6,11H2,1-5H3. The van der Waals surface area contributed by atoms with E-state index in [9.17, 15) is 8.42 Å². The Kier molecular flexibility index (Phi) is 5.98. The molecule has 20 heavy (non-hydrogen) atoms. The van der Waals surface area contributed by atoms with Crippen LogP contribution < -0.4 is 4.74 Å². The molecular weight excluding hydrogens is 276 g/mol. The highest BCUT2D eigenvalue weighted by molar-refractivity contribution is 7.86. The molecular formula is C14H24N2O3S. The van der Waals surface area contributed by atoms with Crippen LogP contribution in [0.1, 0.15) is 19.4 Å². The Balaban J connectivity index is 2.77. The maximum absolute atomic E-state index is 12.2. The van der Waals surface area contributed by atoms with Gasteiger partial charge in [-0.25, -0.2) is 0 Å². The summed E-state index contributed by atoms with van der Waals surface area (Å²) in [6.07, 6.45) is 0.664. The van der Waals surface area contributed by atoms with Gasteiger partial charge in [0.2, 0.25) is 0 Å². The average molecular weight is 300 g/mol. The van der Waals surface area contributed by atoms with Gasteiger partial charge in [-0.05, 0) is 31.0 Å². The zero-order valence-corrected chi connectivity index (χ0v) is 13.6. The van der Waals surface area contributed by atoms with Crippen LogP contribution in [0.3, 0.4) is 0 Å². The third-order valence-electron chi connectivity index (χ3n) is 3.51.